The molecule has 2 rings (SSSR count). The Hall–Kier alpha value is -2.15. The lowest BCUT2D eigenvalue weighted by molar-refractivity contribution is 0.149. The molecule has 0 radical (unpaired) electrons. The number of anilines is 1. The van der Waals surface area contributed by atoms with E-state index in [1.807, 2.05) is 6.07 Å². The Morgan fingerprint density at radius 3 is 2.85 bits per heavy atom. The van der Waals surface area contributed by atoms with Crippen LogP contribution in [0.4, 0.5) is 5.69 Å². The van der Waals surface area contributed by atoms with E-state index in [-0.39, 0.29) is 0 Å². The van der Waals surface area contributed by atoms with Crippen molar-refractivity contribution in [3.63, 3.8) is 0 Å². The smallest absolute Gasteiger partial charge is 0.185 e. The average Bonchev–Trinajstić information content (AvgIpc) is 2.86. The minimum absolute atomic E-state index is 0.307. The van der Waals surface area contributed by atoms with E-state index in [9.17, 15) is 0 Å². The largest absolute Gasteiger partial charge is 0.496 e. The standard InChI is InChI=1S/C13H19N5O2/c1-9(8-19-2)7-18-13(15-16-17-18)11-5-4-10(14)6-12(11)20-3/h4-6,9H,7-8,14H2,1-3H3. The van der Waals surface area contributed by atoms with E-state index in [4.69, 9.17) is 15.2 Å². The van der Waals surface area contributed by atoms with Crippen molar-refractivity contribution in [3.8, 4) is 17.1 Å². The quantitative estimate of drug-likeness (QED) is 0.798. The summed E-state index contributed by atoms with van der Waals surface area (Å²) in [5, 5.41) is 11.8. The first-order valence-electron chi connectivity index (χ1n) is 6.34. The maximum atomic E-state index is 5.76. The lowest BCUT2D eigenvalue weighted by Gasteiger charge is -2.12. The molecule has 1 unspecified atom stereocenters. The number of benzene rings is 1. The van der Waals surface area contributed by atoms with Gasteiger partial charge in [-0.3, -0.25) is 0 Å². The minimum atomic E-state index is 0.307. The molecule has 0 aliphatic heterocycles. The Morgan fingerprint density at radius 2 is 2.15 bits per heavy atom. The summed E-state index contributed by atoms with van der Waals surface area (Å²) < 4.78 is 12.2. The third kappa shape index (κ3) is 3.05. The van der Waals surface area contributed by atoms with E-state index in [2.05, 4.69) is 22.4 Å². The number of hydrogen-bond acceptors (Lipinski definition) is 6. The van der Waals surface area contributed by atoms with Crippen LogP contribution in [0.25, 0.3) is 11.4 Å². The van der Waals surface area contributed by atoms with Crippen molar-refractivity contribution in [3.05, 3.63) is 18.2 Å². The Bertz CT molecular complexity index is 570. The third-order valence-electron chi connectivity index (χ3n) is 2.93. The average molecular weight is 277 g/mol. The lowest BCUT2D eigenvalue weighted by Crippen LogP contribution is -2.15. The molecule has 2 aromatic rings. The van der Waals surface area contributed by atoms with Crippen LogP contribution in [0.1, 0.15) is 6.92 Å². The lowest BCUT2D eigenvalue weighted by atomic mass is 10.1. The number of rotatable bonds is 6. The Labute approximate surface area is 117 Å². The van der Waals surface area contributed by atoms with Crippen LogP contribution in [0, 0.1) is 5.92 Å². The zero-order chi connectivity index (χ0) is 14.5. The first-order valence-corrected chi connectivity index (χ1v) is 6.34. The molecule has 0 fully saturated rings. The molecule has 20 heavy (non-hydrogen) atoms. The first kappa shape index (κ1) is 14.3. The van der Waals surface area contributed by atoms with Gasteiger partial charge in [-0.15, -0.1) is 5.10 Å². The zero-order valence-electron chi connectivity index (χ0n) is 11.9. The van der Waals surface area contributed by atoms with Gasteiger partial charge in [0.05, 0.1) is 19.3 Å². The molecule has 0 bridgehead atoms. The second-order valence-corrected chi connectivity index (χ2v) is 4.70. The third-order valence-corrected chi connectivity index (χ3v) is 2.93. The van der Waals surface area contributed by atoms with E-state index in [1.54, 1.807) is 31.0 Å². The van der Waals surface area contributed by atoms with Gasteiger partial charge in [-0.1, -0.05) is 6.92 Å². The number of aromatic nitrogens is 4. The highest BCUT2D eigenvalue weighted by molar-refractivity contribution is 5.67. The van der Waals surface area contributed by atoms with Crippen LogP contribution in [-0.2, 0) is 11.3 Å². The zero-order valence-corrected chi connectivity index (χ0v) is 11.9. The van der Waals surface area contributed by atoms with Crippen LogP contribution in [0.15, 0.2) is 18.2 Å². The number of ether oxygens (including phenoxy) is 2. The molecule has 2 N–H and O–H groups in total. The van der Waals surface area contributed by atoms with Crippen molar-refractivity contribution in [1.82, 2.24) is 20.2 Å². The van der Waals surface area contributed by atoms with Gasteiger partial charge < -0.3 is 15.2 Å². The number of hydrogen-bond donors (Lipinski definition) is 1. The maximum absolute atomic E-state index is 5.76. The second-order valence-electron chi connectivity index (χ2n) is 4.70. The van der Waals surface area contributed by atoms with Gasteiger partial charge in [0.2, 0.25) is 0 Å². The fourth-order valence-corrected chi connectivity index (χ4v) is 2.05. The maximum Gasteiger partial charge on any atom is 0.185 e. The summed E-state index contributed by atoms with van der Waals surface area (Å²) in [5.74, 6) is 1.62. The highest BCUT2D eigenvalue weighted by atomic mass is 16.5. The summed E-state index contributed by atoms with van der Waals surface area (Å²) in [4.78, 5) is 0. The molecule has 0 saturated heterocycles. The molecule has 1 aromatic heterocycles. The molecule has 1 aromatic carbocycles. The second kappa shape index (κ2) is 6.33. The van der Waals surface area contributed by atoms with Crippen LogP contribution in [0.2, 0.25) is 0 Å². The predicted octanol–water partition coefficient (Wildman–Crippen LogP) is 1.21. The Kier molecular flexibility index (Phi) is 4.52. The van der Waals surface area contributed by atoms with Crippen LogP contribution in [0.5, 0.6) is 5.75 Å². The van der Waals surface area contributed by atoms with Crippen LogP contribution >= 0.6 is 0 Å². The molecule has 0 spiro atoms. The van der Waals surface area contributed by atoms with Gasteiger partial charge in [0.15, 0.2) is 5.82 Å². The molecule has 108 valence electrons. The molecule has 1 heterocycles. The van der Waals surface area contributed by atoms with E-state index in [1.165, 1.54) is 0 Å². The highest BCUT2D eigenvalue weighted by Gasteiger charge is 2.16. The number of nitrogen functional groups attached to an aromatic ring is 1. The van der Waals surface area contributed by atoms with E-state index < -0.39 is 0 Å². The fourth-order valence-electron chi connectivity index (χ4n) is 2.05. The van der Waals surface area contributed by atoms with Crippen molar-refractivity contribution in [2.75, 3.05) is 26.6 Å². The van der Waals surface area contributed by atoms with Gasteiger partial charge >= 0.3 is 0 Å². The van der Waals surface area contributed by atoms with Crippen molar-refractivity contribution in [2.24, 2.45) is 5.92 Å². The number of nitrogens with zero attached hydrogens (tertiary/aromatic N) is 4. The molecule has 1 atom stereocenters. The minimum Gasteiger partial charge on any atom is -0.496 e. The fraction of sp³-hybridized carbons (Fsp3) is 0.462. The van der Waals surface area contributed by atoms with Gasteiger partial charge in [-0.25, -0.2) is 4.68 Å². The molecule has 0 aliphatic rings. The summed E-state index contributed by atoms with van der Waals surface area (Å²) in [6, 6.07) is 5.42. The van der Waals surface area contributed by atoms with Gasteiger partial charge in [0, 0.05) is 25.4 Å². The molecule has 0 aliphatic carbocycles. The summed E-state index contributed by atoms with van der Waals surface area (Å²) in [5.41, 5.74) is 7.21. The predicted molar refractivity (Wildman–Crippen MR) is 75.3 cm³/mol. The number of nitrogens with two attached hydrogens (primary N) is 1. The molecule has 7 nitrogen and oxygen atoms in total. The van der Waals surface area contributed by atoms with Gasteiger partial charge in [-0.05, 0) is 28.5 Å². The first-order chi connectivity index (χ1) is 9.65. The molecular weight excluding hydrogens is 258 g/mol. The normalized spacial score (nSPS) is 12.3. The van der Waals surface area contributed by atoms with Crippen molar-refractivity contribution >= 4 is 5.69 Å². The topological polar surface area (TPSA) is 88.1 Å². The van der Waals surface area contributed by atoms with E-state index in [0.717, 1.165) is 5.56 Å². The summed E-state index contributed by atoms with van der Waals surface area (Å²) in [6.07, 6.45) is 0. The van der Waals surface area contributed by atoms with Crippen molar-refractivity contribution in [2.45, 2.75) is 13.5 Å². The Morgan fingerprint density at radius 1 is 1.35 bits per heavy atom. The molecule has 0 amide bonds. The summed E-state index contributed by atoms with van der Waals surface area (Å²) in [6.45, 7) is 3.40. The van der Waals surface area contributed by atoms with Crippen molar-refractivity contribution in [1.29, 1.82) is 0 Å². The summed E-state index contributed by atoms with van der Waals surface area (Å²) in [7, 11) is 3.28. The monoisotopic (exact) mass is 277 g/mol. The Balaban J connectivity index is 2.32. The van der Waals surface area contributed by atoms with E-state index in [0.29, 0.717) is 36.3 Å². The summed E-state index contributed by atoms with van der Waals surface area (Å²) >= 11 is 0. The van der Waals surface area contributed by atoms with Gasteiger partial charge in [0.1, 0.15) is 5.75 Å². The van der Waals surface area contributed by atoms with Gasteiger partial charge in [-0.2, -0.15) is 0 Å². The van der Waals surface area contributed by atoms with Crippen LogP contribution in [0.3, 0.4) is 0 Å². The highest BCUT2D eigenvalue weighted by Crippen LogP contribution is 2.30. The molecule has 7 heteroatoms. The molecular formula is C13H19N5O2. The van der Waals surface area contributed by atoms with Crippen LogP contribution in [-0.4, -0.2) is 41.0 Å². The van der Waals surface area contributed by atoms with Gasteiger partial charge in [0.25, 0.3) is 0 Å². The van der Waals surface area contributed by atoms with E-state index >= 15 is 0 Å². The number of tetrazole rings is 1. The SMILES string of the molecule is COCC(C)Cn1nnnc1-c1ccc(N)cc1OC. The van der Waals surface area contributed by atoms with Crippen molar-refractivity contribution < 1.29 is 9.47 Å². The van der Waals surface area contributed by atoms with Crippen LogP contribution < -0.4 is 10.5 Å². The molecule has 0 saturated carbocycles. The number of methoxy groups -OCH3 is 2.